The Bertz CT molecular complexity index is 1410. The average Bonchev–Trinajstić information content (AvgIpc) is 3.32. The molecule has 36 heavy (non-hydrogen) atoms. The van der Waals surface area contributed by atoms with Crippen molar-refractivity contribution in [3.63, 3.8) is 0 Å². The smallest absolute Gasteiger partial charge is 0.123 e. The van der Waals surface area contributed by atoms with Crippen molar-refractivity contribution in [2.75, 3.05) is 33.5 Å². The van der Waals surface area contributed by atoms with Crippen molar-refractivity contribution in [2.45, 2.75) is 0 Å². The van der Waals surface area contributed by atoms with Gasteiger partial charge < -0.3 is 19.2 Å². The van der Waals surface area contributed by atoms with E-state index in [0.717, 1.165) is 50.2 Å². The monoisotopic (exact) mass is 481 g/mol. The number of aromatic nitrogens is 1. The molecule has 0 aliphatic rings. The van der Waals surface area contributed by atoms with Crippen LogP contribution in [0.4, 0.5) is 4.39 Å². The zero-order chi connectivity index (χ0) is 24.7. The minimum absolute atomic E-state index is 0.245. The molecule has 0 aliphatic carbocycles. The van der Waals surface area contributed by atoms with Crippen LogP contribution in [-0.2, 0) is 9.47 Å². The van der Waals surface area contributed by atoms with Gasteiger partial charge in [0.1, 0.15) is 18.2 Å². The Morgan fingerprint density at radius 2 is 1.39 bits per heavy atom. The standard InChI is InChI=1S/C31H28FNO3/c1-34-18-19-35-20-21-36-26-16-12-23(13-17-26)29-30-27(22-10-14-25(32)15-11-22)8-5-9-28(30)33-31(29)24-6-3-2-4-7-24/h2-17,33H,18-21H2,1H3. The molecule has 4 aromatic carbocycles. The van der Waals surface area contributed by atoms with Crippen molar-refractivity contribution in [3.05, 3.63) is 103 Å². The molecule has 5 aromatic rings. The quantitative estimate of drug-likeness (QED) is 0.212. The van der Waals surface area contributed by atoms with Gasteiger partial charge in [0, 0.05) is 23.6 Å². The summed E-state index contributed by atoms with van der Waals surface area (Å²) in [5, 5.41) is 1.10. The predicted molar refractivity (Wildman–Crippen MR) is 143 cm³/mol. The second-order valence-corrected chi connectivity index (χ2v) is 8.45. The molecule has 1 heterocycles. The van der Waals surface area contributed by atoms with Crippen LogP contribution >= 0.6 is 0 Å². The van der Waals surface area contributed by atoms with Gasteiger partial charge in [0.25, 0.3) is 0 Å². The largest absolute Gasteiger partial charge is 0.491 e. The van der Waals surface area contributed by atoms with Crippen LogP contribution in [0.15, 0.2) is 97.1 Å². The maximum Gasteiger partial charge on any atom is 0.123 e. The van der Waals surface area contributed by atoms with Crippen molar-refractivity contribution in [1.29, 1.82) is 0 Å². The normalized spacial score (nSPS) is 11.2. The van der Waals surface area contributed by atoms with E-state index in [4.69, 9.17) is 14.2 Å². The summed E-state index contributed by atoms with van der Waals surface area (Å²) < 4.78 is 30.0. The number of H-pyrrole nitrogens is 1. The molecular weight excluding hydrogens is 453 g/mol. The Labute approximate surface area is 210 Å². The Hall–Kier alpha value is -3.93. The van der Waals surface area contributed by atoms with E-state index in [-0.39, 0.29) is 5.82 Å². The van der Waals surface area contributed by atoms with Gasteiger partial charge in [-0.3, -0.25) is 0 Å². The molecule has 0 spiro atoms. The SMILES string of the molecule is COCCOCCOc1ccc(-c2c(-c3ccccc3)[nH]c3cccc(-c4ccc(F)cc4)c23)cc1. The van der Waals surface area contributed by atoms with E-state index in [2.05, 4.69) is 41.4 Å². The van der Waals surface area contributed by atoms with Crippen LogP contribution in [0.5, 0.6) is 5.75 Å². The molecule has 0 amide bonds. The van der Waals surface area contributed by atoms with Gasteiger partial charge in [-0.15, -0.1) is 0 Å². The molecule has 0 atom stereocenters. The lowest BCUT2D eigenvalue weighted by molar-refractivity contribution is 0.0544. The first-order valence-corrected chi connectivity index (χ1v) is 12.0. The van der Waals surface area contributed by atoms with E-state index in [1.165, 1.54) is 12.1 Å². The van der Waals surface area contributed by atoms with Gasteiger partial charge in [0.2, 0.25) is 0 Å². The third-order valence-corrected chi connectivity index (χ3v) is 6.11. The number of hydrogen-bond acceptors (Lipinski definition) is 3. The Morgan fingerprint density at radius 1 is 0.667 bits per heavy atom. The van der Waals surface area contributed by atoms with Crippen molar-refractivity contribution in [1.82, 2.24) is 4.98 Å². The van der Waals surface area contributed by atoms with Gasteiger partial charge >= 0.3 is 0 Å². The number of fused-ring (bicyclic) bond motifs is 1. The van der Waals surface area contributed by atoms with Crippen LogP contribution in [-0.4, -0.2) is 38.5 Å². The highest BCUT2D eigenvalue weighted by Gasteiger charge is 2.18. The summed E-state index contributed by atoms with van der Waals surface area (Å²) >= 11 is 0. The second-order valence-electron chi connectivity index (χ2n) is 8.45. The summed E-state index contributed by atoms with van der Waals surface area (Å²) in [6, 6.07) is 31.3. The van der Waals surface area contributed by atoms with Crippen LogP contribution < -0.4 is 4.74 Å². The fraction of sp³-hybridized carbons (Fsp3) is 0.161. The Balaban J connectivity index is 1.54. The highest BCUT2D eigenvalue weighted by Crippen LogP contribution is 2.43. The maximum absolute atomic E-state index is 13.7. The van der Waals surface area contributed by atoms with E-state index >= 15 is 0 Å². The van der Waals surface area contributed by atoms with Crippen molar-refractivity contribution in [3.8, 4) is 39.3 Å². The molecule has 0 bridgehead atoms. The fourth-order valence-corrected chi connectivity index (χ4v) is 4.41. The summed E-state index contributed by atoms with van der Waals surface area (Å²) in [4.78, 5) is 3.64. The van der Waals surface area contributed by atoms with E-state index < -0.39 is 0 Å². The van der Waals surface area contributed by atoms with E-state index in [1.54, 1.807) is 7.11 Å². The highest BCUT2D eigenvalue weighted by atomic mass is 19.1. The number of benzene rings is 4. The van der Waals surface area contributed by atoms with Crippen LogP contribution in [0, 0.1) is 5.82 Å². The minimum Gasteiger partial charge on any atom is -0.491 e. The molecule has 182 valence electrons. The van der Waals surface area contributed by atoms with Crippen LogP contribution in [0.3, 0.4) is 0 Å². The van der Waals surface area contributed by atoms with E-state index in [1.807, 2.05) is 48.5 Å². The lowest BCUT2D eigenvalue weighted by Crippen LogP contribution is -2.09. The molecule has 0 aliphatic heterocycles. The number of hydrogen-bond donors (Lipinski definition) is 1. The molecule has 0 saturated heterocycles. The van der Waals surface area contributed by atoms with Crippen molar-refractivity contribution >= 4 is 10.9 Å². The zero-order valence-corrected chi connectivity index (χ0v) is 20.2. The lowest BCUT2D eigenvalue weighted by atomic mass is 9.93. The second kappa shape index (κ2) is 11.2. The Morgan fingerprint density at radius 3 is 2.14 bits per heavy atom. The van der Waals surface area contributed by atoms with Gasteiger partial charge in [-0.25, -0.2) is 4.39 Å². The molecule has 1 N–H and O–H groups in total. The molecule has 5 rings (SSSR count). The van der Waals surface area contributed by atoms with E-state index in [0.29, 0.717) is 26.4 Å². The minimum atomic E-state index is -0.245. The number of ether oxygens (including phenoxy) is 3. The summed E-state index contributed by atoms with van der Waals surface area (Å²) in [6.45, 7) is 2.11. The third-order valence-electron chi connectivity index (χ3n) is 6.11. The average molecular weight is 482 g/mol. The number of rotatable bonds is 10. The van der Waals surface area contributed by atoms with Crippen LogP contribution in [0.25, 0.3) is 44.4 Å². The number of halogens is 1. The molecular formula is C31H28FNO3. The molecule has 0 unspecified atom stereocenters. The maximum atomic E-state index is 13.7. The van der Waals surface area contributed by atoms with E-state index in [9.17, 15) is 4.39 Å². The summed E-state index contributed by atoms with van der Waals surface area (Å²) in [5.74, 6) is 0.541. The Kier molecular flexibility index (Phi) is 7.41. The fourth-order valence-electron chi connectivity index (χ4n) is 4.41. The first-order chi connectivity index (χ1) is 17.7. The summed E-state index contributed by atoms with van der Waals surface area (Å²) in [5.41, 5.74) is 7.36. The zero-order valence-electron chi connectivity index (χ0n) is 20.2. The van der Waals surface area contributed by atoms with Gasteiger partial charge in [-0.05, 0) is 52.6 Å². The van der Waals surface area contributed by atoms with Gasteiger partial charge in [0.05, 0.1) is 25.5 Å². The topological polar surface area (TPSA) is 43.5 Å². The highest BCUT2D eigenvalue weighted by molar-refractivity contribution is 6.11. The van der Waals surface area contributed by atoms with Crippen LogP contribution in [0.2, 0.25) is 0 Å². The van der Waals surface area contributed by atoms with Crippen LogP contribution in [0.1, 0.15) is 0 Å². The third kappa shape index (κ3) is 5.18. The first-order valence-electron chi connectivity index (χ1n) is 12.0. The first kappa shape index (κ1) is 23.8. The molecule has 0 radical (unpaired) electrons. The van der Waals surface area contributed by atoms with Crippen molar-refractivity contribution in [2.24, 2.45) is 0 Å². The van der Waals surface area contributed by atoms with Crippen molar-refractivity contribution < 1.29 is 18.6 Å². The lowest BCUT2D eigenvalue weighted by Gasteiger charge is -2.11. The molecule has 5 heteroatoms. The summed E-state index contributed by atoms with van der Waals surface area (Å²) in [6.07, 6.45) is 0. The molecule has 0 fully saturated rings. The predicted octanol–water partition coefficient (Wildman–Crippen LogP) is 7.35. The number of nitrogens with one attached hydrogen (secondary N) is 1. The van der Waals surface area contributed by atoms with Gasteiger partial charge in [0.15, 0.2) is 0 Å². The number of aromatic amines is 1. The van der Waals surface area contributed by atoms with Gasteiger partial charge in [-0.2, -0.15) is 0 Å². The molecule has 4 nitrogen and oxygen atoms in total. The molecule has 1 aromatic heterocycles. The summed E-state index contributed by atoms with van der Waals surface area (Å²) in [7, 11) is 1.65. The number of methoxy groups -OCH3 is 1. The van der Waals surface area contributed by atoms with Gasteiger partial charge in [-0.1, -0.05) is 66.7 Å². The molecule has 0 saturated carbocycles.